The summed E-state index contributed by atoms with van der Waals surface area (Å²) in [5.41, 5.74) is 1.91. The Bertz CT molecular complexity index is 611. The molecular formula is C12H10N2O2. The van der Waals surface area contributed by atoms with Crippen LogP contribution in [0.2, 0.25) is 0 Å². The molecule has 0 radical (unpaired) electrons. The van der Waals surface area contributed by atoms with E-state index in [2.05, 4.69) is 4.98 Å². The van der Waals surface area contributed by atoms with Gasteiger partial charge in [-0.2, -0.15) is 0 Å². The summed E-state index contributed by atoms with van der Waals surface area (Å²) < 4.78 is 5.36. The van der Waals surface area contributed by atoms with Crippen molar-refractivity contribution >= 4 is 22.4 Å². The fourth-order valence-corrected chi connectivity index (χ4v) is 1.92. The predicted molar refractivity (Wildman–Crippen MR) is 61.6 cm³/mol. The van der Waals surface area contributed by atoms with E-state index in [9.17, 15) is 5.11 Å². The SMILES string of the molecule is N=C1C=C(c2c(O)[nH]c3ccccc23)OC1. The van der Waals surface area contributed by atoms with E-state index in [4.69, 9.17) is 10.1 Å². The summed E-state index contributed by atoms with van der Waals surface area (Å²) in [7, 11) is 0. The molecule has 2 aromatic rings. The highest BCUT2D eigenvalue weighted by atomic mass is 16.5. The fraction of sp³-hybridized carbons (Fsp3) is 0.0833. The number of H-pyrrole nitrogens is 1. The van der Waals surface area contributed by atoms with Crippen molar-refractivity contribution < 1.29 is 9.84 Å². The molecule has 0 aliphatic carbocycles. The average Bonchev–Trinajstić information content (AvgIpc) is 2.80. The van der Waals surface area contributed by atoms with Crippen molar-refractivity contribution in [3.8, 4) is 5.88 Å². The molecule has 0 saturated heterocycles. The van der Waals surface area contributed by atoms with Crippen LogP contribution in [0.4, 0.5) is 0 Å². The van der Waals surface area contributed by atoms with Gasteiger partial charge in [-0.15, -0.1) is 0 Å². The zero-order chi connectivity index (χ0) is 11.1. The summed E-state index contributed by atoms with van der Waals surface area (Å²) in [4.78, 5) is 2.88. The number of fused-ring (bicyclic) bond motifs is 1. The third-order valence-electron chi connectivity index (χ3n) is 2.62. The molecule has 1 aliphatic heterocycles. The van der Waals surface area contributed by atoms with Crippen molar-refractivity contribution in [3.63, 3.8) is 0 Å². The number of aromatic amines is 1. The van der Waals surface area contributed by atoms with Crippen molar-refractivity contribution in [2.45, 2.75) is 0 Å². The Kier molecular flexibility index (Phi) is 1.77. The van der Waals surface area contributed by atoms with Gasteiger partial charge < -0.3 is 20.2 Å². The van der Waals surface area contributed by atoms with Crippen molar-refractivity contribution in [3.05, 3.63) is 35.9 Å². The van der Waals surface area contributed by atoms with Gasteiger partial charge in [0.2, 0.25) is 5.88 Å². The number of hydrogen-bond acceptors (Lipinski definition) is 3. The molecule has 1 aromatic heterocycles. The highest BCUT2D eigenvalue weighted by Crippen LogP contribution is 2.35. The first-order valence-electron chi connectivity index (χ1n) is 4.97. The fourth-order valence-electron chi connectivity index (χ4n) is 1.92. The first-order chi connectivity index (χ1) is 7.75. The van der Waals surface area contributed by atoms with Crippen molar-refractivity contribution in [1.29, 1.82) is 5.41 Å². The number of nitrogens with one attached hydrogen (secondary N) is 2. The molecule has 0 bridgehead atoms. The van der Waals surface area contributed by atoms with E-state index in [1.807, 2.05) is 24.3 Å². The Morgan fingerprint density at radius 2 is 2.12 bits per heavy atom. The van der Waals surface area contributed by atoms with E-state index in [-0.39, 0.29) is 12.5 Å². The molecule has 0 spiro atoms. The van der Waals surface area contributed by atoms with E-state index < -0.39 is 0 Å². The van der Waals surface area contributed by atoms with Crippen molar-refractivity contribution in [1.82, 2.24) is 4.98 Å². The first kappa shape index (κ1) is 9.03. The van der Waals surface area contributed by atoms with Gasteiger partial charge in [-0.3, -0.25) is 0 Å². The number of rotatable bonds is 1. The lowest BCUT2D eigenvalue weighted by Gasteiger charge is -2.01. The van der Waals surface area contributed by atoms with Gasteiger partial charge in [-0.25, -0.2) is 0 Å². The molecule has 0 amide bonds. The molecule has 1 aromatic carbocycles. The molecular weight excluding hydrogens is 204 g/mol. The first-order valence-corrected chi connectivity index (χ1v) is 4.97. The second-order valence-corrected chi connectivity index (χ2v) is 3.72. The highest BCUT2D eigenvalue weighted by molar-refractivity contribution is 6.06. The molecule has 3 rings (SSSR count). The van der Waals surface area contributed by atoms with Crippen LogP contribution in [0.25, 0.3) is 16.7 Å². The molecule has 0 atom stereocenters. The summed E-state index contributed by atoms with van der Waals surface area (Å²) in [6, 6.07) is 7.60. The minimum absolute atomic E-state index is 0.0853. The molecule has 3 N–H and O–H groups in total. The summed E-state index contributed by atoms with van der Waals surface area (Å²) in [6.07, 6.45) is 1.63. The molecule has 2 heterocycles. The minimum atomic E-state index is 0.0853. The van der Waals surface area contributed by atoms with Gasteiger partial charge >= 0.3 is 0 Å². The molecule has 4 heteroatoms. The lowest BCUT2D eigenvalue weighted by Crippen LogP contribution is -1.91. The van der Waals surface area contributed by atoms with Crippen LogP contribution in [-0.2, 0) is 4.74 Å². The van der Waals surface area contributed by atoms with Gasteiger partial charge in [0.15, 0.2) is 0 Å². The van der Waals surface area contributed by atoms with E-state index >= 15 is 0 Å². The number of para-hydroxylation sites is 1. The highest BCUT2D eigenvalue weighted by Gasteiger charge is 2.20. The minimum Gasteiger partial charge on any atom is -0.494 e. The molecule has 0 saturated carbocycles. The second kappa shape index (κ2) is 3.13. The normalized spacial score (nSPS) is 15.2. The van der Waals surface area contributed by atoms with E-state index in [0.29, 0.717) is 17.0 Å². The zero-order valence-corrected chi connectivity index (χ0v) is 8.45. The van der Waals surface area contributed by atoms with Crippen LogP contribution in [0.15, 0.2) is 30.3 Å². The Morgan fingerprint density at radius 3 is 2.88 bits per heavy atom. The van der Waals surface area contributed by atoms with Gasteiger partial charge in [0.25, 0.3) is 0 Å². The van der Waals surface area contributed by atoms with Crippen LogP contribution < -0.4 is 0 Å². The zero-order valence-electron chi connectivity index (χ0n) is 8.45. The molecule has 4 nitrogen and oxygen atoms in total. The average molecular weight is 214 g/mol. The van der Waals surface area contributed by atoms with Crippen LogP contribution >= 0.6 is 0 Å². The molecule has 80 valence electrons. The topological polar surface area (TPSA) is 69.1 Å². The van der Waals surface area contributed by atoms with Gasteiger partial charge in [0, 0.05) is 17.0 Å². The predicted octanol–water partition coefficient (Wildman–Crippen LogP) is 2.26. The van der Waals surface area contributed by atoms with Crippen LogP contribution in [0.5, 0.6) is 5.88 Å². The van der Waals surface area contributed by atoms with E-state index in [1.54, 1.807) is 6.08 Å². The summed E-state index contributed by atoms with van der Waals surface area (Å²) >= 11 is 0. The maximum Gasteiger partial charge on any atom is 0.200 e. The van der Waals surface area contributed by atoms with Gasteiger partial charge in [-0.05, 0) is 6.07 Å². The van der Waals surface area contributed by atoms with Crippen LogP contribution in [-0.4, -0.2) is 22.4 Å². The quantitative estimate of drug-likeness (QED) is 0.681. The summed E-state index contributed by atoms with van der Waals surface area (Å²) in [5, 5.41) is 18.2. The number of hydrogen-bond donors (Lipinski definition) is 3. The largest absolute Gasteiger partial charge is 0.494 e. The van der Waals surface area contributed by atoms with Crippen molar-refractivity contribution in [2.75, 3.05) is 6.61 Å². The Morgan fingerprint density at radius 1 is 1.31 bits per heavy atom. The summed E-state index contributed by atoms with van der Waals surface area (Å²) in [6.45, 7) is 0.272. The molecule has 0 unspecified atom stereocenters. The van der Waals surface area contributed by atoms with Gasteiger partial charge in [0.05, 0.1) is 11.3 Å². The van der Waals surface area contributed by atoms with Crippen molar-refractivity contribution in [2.24, 2.45) is 0 Å². The molecule has 16 heavy (non-hydrogen) atoms. The monoisotopic (exact) mass is 214 g/mol. The molecule has 1 aliphatic rings. The smallest absolute Gasteiger partial charge is 0.200 e. The maximum absolute atomic E-state index is 9.83. The van der Waals surface area contributed by atoms with E-state index in [0.717, 1.165) is 10.9 Å². The van der Waals surface area contributed by atoms with E-state index in [1.165, 1.54) is 0 Å². The lowest BCUT2D eigenvalue weighted by atomic mass is 10.1. The van der Waals surface area contributed by atoms with Gasteiger partial charge in [-0.1, -0.05) is 18.2 Å². The number of ether oxygens (including phenoxy) is 1. The third-order valence-corrected chi connectivity index (χ3v) is 2.62. The second-order valence-electron chi connectivity index (χ2n) is 3.72. The van der Waals surface area contributed by atoms with Gasteiger partial charge in [0.1, 0.15) is 12.4 Å². The Labute approximate surface area is 91.7 Å². The summed E-state index contributed by atoms with van der Waals surface area (Å²) in [5.74, 6) is 0.641. The number of benzene rings is 1. The standard InChI is InChI=1S/C12H10N2O2/c13-7-5-10(16-6-7)11-8-3-1-2-4-9(8)14-12(11)15/h1-5,13-15H,6H2. The Hall–Kier alpha value is -2.23. The third kappa shape index (κ3) is 1.20. The van der Waals surface area contributed by atoms with Crippen LogP contribution in [0.1, 0.15) is 5.56 Å². The molecule has 0 fully saturated rings. The lowest BCUT2D eigenvalue weighted by molar-refractivity contribution is 0.341. The Balaban J connectivity index is 2.27. The maximum atomic E-state index is 9.83. The number of aromatic hydroxyl groups is 1. The number of aromatic nitrogens is 1. The van der Waals surface area contributed by atoms with Crippen LogP contribution in [0, 0.1) is 5.41 Å². The van der Waals surface area contributed by atoms with Crippen LogP contribution in [0.3, 0.4) is 0 Å².